The molecule has 2 aliphatic rings. The van der Waals surface area contributed by atoms with E-state index in [1.165, 1.54) is 29.6 Å². The first kappa shape index (κ1) is 21.7. The van der Waals surface area contributed by atoms with Crippen LogP contribution in [0.2, 0.25) is 0 Å². The molecule has 1 saturated heterocycles. The van der Waals surface area contributed by atoms with Gasteiger partial charge in [0.15, 0.2) is 0 Å². The van der Waals surface area contributed by atoms with Gasteiger partial charge in [-0.3, -0.25) is 4.79 Å². The van der Waals surface area contributed by atoms with Crippen LogP contribution in [0.5, 0.6) is 0 Å². The number of aromatic nitrogens is 3. The number of rotatable bonds is 4. The quantitative estimate of drug-likeness (QED) is 0.459. The molecule has 4 aromatic rings. The molecule has 1 aliphatic carbocycles. The zero-order chi connectivity index (χ0) is 23.8. The molecule has 2 aromatic carbocycles. The van der Waals surface area contributed by atoms with Crippen molar-refractivity contribution in [2.45, 2.75) is 38.1 Å². The molecule has 1 amide bonds. The highest BCUT2D eigenvalue weighted by Crippen LogP contribution is 2.35. The van der Waals surface area contributed by atoms with Crippen LogP contribution in [0.4, 0.5) is 10.2 Å². The fraction of sp³-hybridized carbons (Fsp3) is 0.333. The van der Waals surface area contributed by atoms with Crippen LogP contribution in [0.25, 0.3) is 22.4 Å². The van der Waals surface area contributed by atoms with E-state index >= 15 is 0 Å². The van der Waals surface area contributed by atoms with Gasteiger partial charge in [-0.15, -0.1) is 0 Å². The van der Waals surface area contributed by atoms with Crippen molar-refractivity contribution in [1.82, 2.24) is 20.4 Å². The standard InChI is InChI=1S/C27H26FN5O2/c28-20-12-10-18(11-13-20)24-23-25(29-16-30-27(23)35-32-24)33-14-4-7-19(15-33)26(34)31-22-9-3-6-17-5-1-2-8-21(17)22/h1-2,5,8,10-13,16,19,22H,3-4,6-7,9,14-15H2,(H,31,34). The number of fused-ring (bicyclic) bond motifs is 2. The molecule has 1 N–H and O–H groups in total. The molecular formula is C27H26FN5O2. The molecule has 0 bridgehead atoms. The first-order chi connectivity index (χ1) is 17.2. The monoisotopic (exact) mass is 471 g/mol. The summed E-state index contributed by atoms with van der Waals surface area (Å²) in [6.45, 7) is 1.33. The van der Waals surface area contributed by atoms with Crippen LogP contribution in [0.1, 0.15) is 42.9 Å². The van der Waals surface area contributed by atoms with E-state index in [9.17, 15) is 9.18 Å². The molecule has 7 nitrogen and oxygen atoms in total. The Hall–Kier alpha value is -3.81. The van der Waals surface area contributed by atoms with Crippen molar-refractivity contribution in [3.63, 3.8) is 0 Å². The number of halogens is 1. The van der Waals surface area contributed by atoms with Gasteiger partial charge >= 0.3 is 0 Å². The molecule has 35 heavy (non-hydrogen) atoms. The number of nitrogens with one attached hydrogen (secondary N) is 1. The lowest BCUT2D eigenvalue weighted by molar-refractivity contribution is -0.126. The normalized spacial score (nSPS) is 20.0. The number of piperidine rings is 1. The van der Waals surface area contributed by atoms with Gasteiger partial charge in [0.1, 0.15) is 29.0 Å². The van der Waals surface area contributed by atoms with Crippen molar-refractivity contribution in [1.29, 1.82) is 0 Å². The average Bonchev–Trinajstić information content (AvgIpc) is 3.34. The fourth-order valence-corrected chi connectivity index (χ4v) is 5.39. The third-order valence-electron chi connectivity index (χ3n) is 7.15. The summed E-state index contributed by atoms with van der Waals surface area (Å²) in [5.41, 5.74) is 4.24. The third-order valence-corrected chi connectivity index (χ3v) is 7.15. The van der Waals surface area contributed by atoms with E-state index in [0.717, 1.165) is 44.2 Å². The average molecular weight is 472 g/mol. The van der Waals surface area contributed by atoms with Crippen LogP contribution in [-0.4, -0.2) is 34.1 Å². The number of hydrogen-bond acceptors (Lipinski definition) is 6. The van der Waals surface area contributed by atoms with E-state index in [-0.39, 0.29) is 23.7 Å². The molecule has 6 rings (SSSR count). The Bertz CT molecular complexity index is 1370. The molecule has 2 aromatic heterocycles. The third kappa shape index (κ3) is 4.13. The van der Waals surface area contributed by atoms with E-state index < -0.39 is 0 Å². The van der Waals surface area contributed by atoms with E-state index in [2.05, 4.69) is 43.5 Å². The summed E-state index contributed by atoms with van der Waals surface area (Å²) in [5.74, 6) is 0.322. The molecule has 2 atom stereocenters. The van der Waals surface area contributed by atoms with Crippen LogP contribution >= 0.6 is 0 Å². The molecule has 1 fully saturated rings. The minimum Gasteiger partial charge on any atom is -0.355 e. The van der Waals surface area contributed by atoms with Gasteiger partial charge in [0.05, 0.1) is 12.0 Å². The molecule has 0 spiro atoms. The minimum atomic E-state index is -0.316. The maximum absolute atomic E-state index is 13.5. The predicted octanol–water partition coefficient (Wildman–Crippen LogP) is 4.83. The van der Waals surface area contributed by atoms with Crippen LogP contribution < -0.4 is 10.2 Å². The van der Waals surface area contributed by atoms with Gasteiger partial charge in [0, 0.05) is 18.7 Å². The Morgan fingerprint density at radius 3 is 2.80 bits per heavy atom. The van der Waals surface area contributed by atoms with Crippen molar-refractivity contribution in [3.05, 3.63) is 71.8 Å². The number of aryl methyl sites for hydroxylation is 1. The number of hydrogen-bond donors (Lipinski definition) is 1. The summed E-state index contributed by atoms with van der Waals surface area (Å²) in [6.07, 6.45) is 6.28. The van der Waals surface area contributed by atoms with Gasteiger partial charge in [-0.25, -0.2) is 9.37 Å². The Morgan fingerprint density at radius 2 is 1.91 bits per heavy atom. The fourth-order valence-electron chi connectivity index (χ4n) is 5.39. The number of anilines is 1. The van der Waals surface area contributed by atoms with Crippen LogP contribution in [-0.2, 0) is 11.2 Å². The smallest absolute Gasteiger partial charge is 0.263 e. The number of nitrogens with zero attached hydrogens (tertiary/aromatic N) is 4. The van der Waals surface area contributed by atoms with Crippen molar-refractivity contribution < 1.29 is 13.7 Å². The Balaban J connectivity index is 1.25. The summed E-state index contributed by atoms with van der Waals surface area (Å²) in [4.78, 5) is 24.3. The van der Waals surface area contributed by atoms with Gasteiger partial charge < -0.3 is 14.7 Å². The minimum absolute atomic E-state index is 0.0664. The van der Waals surface area contributed by atoms with E-state index in [0.29, 0.717) is 29.2 Å². The highest BCUT2D eigenvalue weighted by atomic mass is 19.1. The maximum Gasteiger partial charge on any atom is 0.263 e. The number of amides is 1. The van der Waals surface area contributed by atoms with Gasteiger partial charge in [-0.1, -0.05) is 29.4 Å². The first-order valence-electron chi connectivity index (χ1n) is 12.2. The molecule has 1 aliphatic heterocycles. The topological polar surface area (TPSA) is 84.2 Å². The van der Waals surface area contributed by atoms with Crippen LogP contribution in [0.3, 0.4) is 0 Å². The Labute approximate surface area is 202 Å². The Morgan fingerprint density at radius 1 is 1.06 bits per heavy atom. The molecule has 2 unspecified atom stereocenters. The second-order valence-electron chi connectivity index (χ2n) is 9.35. The summed E-state index contributed by atoms with van der Waals surface area (Å²) in [5, 5.41) is 8.21. The van der Waals surface area contributed by atoms with Crippen molar-refractivity contribution in [2.75, 3.05) is 18.0 Å². The summed E-state index contributed by atoms with van der Waals surface area (Å²) in [7, 11) is 0. The van der Waals surface area contributed by atoms with E-state index in [1.54, 1.807) is 12.1 Å². The Kier molecular flexibility index (Phi) is 5.64. The van der Waals surface area contributed by atoms with Crippen LogP contribution in [0.15, 0.2) is 59.4 Å². The van der Waals surface area contributed by atoms with E-state index in [4.69, 9.17) is 4.52 Å². The zero-order valence-corrected chi connectivity index (χ0v) is 19.3. The molecule has 8 heteroatoms. The van der Waals surface area contributed by atoms with Gasteiger partial charge in [-0.2, -0.15) is 4.98 Å². The SMILES string of the molecule is O=C(NC1CCCc2ccccc21)C1CCCN(c2ncnc3onc(-c4ccc(F)cc4)c23)C1. The summed E-state index contributed by atoms with van der Waals surface area (Å²) in [6, 6.07) is 14.6. The summed E-state index contributed by atoms with van der Waals surface area (Å²) < 4.78 is 18.9. The van der Waals surface area contributed by atoms with Crippen molar-refractivity contribution in [2.24, 2.45) is 5.92 Å². The maximum atomic E-state index is 13.5. The van der Waals surface area contributed by atoms with Gasteiger partial charge in [0.2, 0.25) is 5.91 Å². The molecular weight excluding hydrogens is 445 g/mol. The largest absolute Gasteiger partial charge is 0.355 e. The molecule has 0 saturated carbocycles. The second kappa shape index (κ2) is 9.09. The number of benzene rings is 2. The highest BCUT2D eigenvalue weighted by molar-refractivity contribution is 5.98. The lowest BCUT2D eigenvalue weighted by atomic mass is 9.87. The number of carbonyl (C=O) groups is 1. The second-order valence-corrected chi connectivity index (χ2v) is 9.35. The van der Waals surface area contributed by atoms with Crippen molar-refractivity contribution >= 4 is 22.8 Å². The zero-order valence-electron chi connectivity index (χ0n) is 19.3. The molecule has 0 radical (unpaired) electrons. The summed E-state index contributed by atoms with van der Waals surface area (Å²) >= 11 is 0. The lowest BCUT2D eigenvalue weighted by Crippen LogP contribution is -2.44. The van der Waals surface area contributed by atoms with Gasteiger partial charge in [-0.05, 0) is 67.5 Å². The first-order valence-corrected chi connectivity index (χ1v) is 12.2. The predicted molar refractivity (Wildman–Crippen MR) is 130 cm³/mol. The van der Waals surface area contributed by atoms with Crippen molar-refractivity contribution in [3.8, 4) is 11.3 Å². The lowest BCUT2D eigenvalue weighted by Gasteiger charge is -2.34. The van der Waals surface area contributed by atoms with Crippen LogP contribution in [0, 0.1) is 11.7 Å². The molecule has 178 valence electrons. The highest BCUT2D eigenvalue weighted by Gasteiger charge is 2.31. The molecule has 3 heterocycles. The number of carbonyl (C=O) groups excluding carboxylic acids is 1. The van der Waals surface area contributed by atoms with E-state index in [1.807, 2.05) is 6.07 Å². The van der Waals surface area contributed by atoms with Gasteiger partial charge in [0.25, 0.3) is 5.71 Å².